The fourth-order valence-electron chi connectivity index (χ4n) is 4.20. The van der Waals surface area contributed by atoms with E-state index in [9.17, 15) is 0 Å². The Hall–Kier alpha value is -4.55. The summed E-state index contributed by atoms with van der Waals surface area (Å²) < 4.78 is 5.34. The molecule has 0 atom stereocenters. The Bertz CT molecular complexity index is 1680. The number of hydrogen-bond donors (Lipinski definition) is 1. The summed E-state index contributed by atoms with van der Waals surface area (Å²) >= 11 is 5.82. The van der Waals surface area contributed by atoms with Gasteiger partial charge in [0.25, 0.3) is 0 Å². The van der Waals surface area contributed by atoms with E-state index in [1.807, 2.05) is 36.5 Å². The Morgan fingerprint density at radius 1 is 0.737 bits per heavy atom. The van der Waals surface area contributed by atoms with Crippen molar-refractivity contribution in [1.29, 1.82) is 0 Å². The highest BCUT2D eigenvalue weighted by Crippen LogP contribution is 2.27. The van der Waals surface area contributed by atoms with Gasteiger partial charge < -0.3 is 10.1 Å². The quantitative estimate of drug-likeness (QED) is 0.238. The average Bonchev–Trinajstić information content (AvgIpc) is 2.97. The summed E-state index contributed by atoms with van der Waals surface area (Å²) in [5, 5.41) is 8.10. The summed E-state index contributed by atoms with van der Waals surface area (Å²) in [6.07, 6.45) is 10.6. The van der Waals surface area contributed by atoms with Crippen LogP contribution >= 0.6 is 11.6 Å². The average molecular weight is 520 g/mol. The SMILES string of the molecule is COc1ccc(-c2ccc(CNc3nccc4cnccc34)cc2)cc1C.Clc1nccc2cnccc12. The lowest BCUT2D eigenvalue weighted by atomic mass is 10.0. The smallest absolute Gasteiger partial charge is 0.136 e. The van der Waals surface area contributed by atoms with Crippen LogP contribution in [0.25, 0.3) is 32.7 Å². The van der Waals surface area contributed by atoms with Crippen LogP contribution in [0.4, 0.5) is 5.82 Å². The number of hydrogen-bond acceptors (Lipinski definition) is 6. The molecular formula is C31H26ClN5O. The molecule has 0 radical (unpaired) electrons. The van der Waals surface area contributed by atoms with Gasteiger partial charge in [-0.15, -0.1) is 0 Å². The van der Waals surface area contributed by atoms with Crippen LogP contribution < -0.4 is 10.1 Å². The first-order valence-corrected chi connectivity index (χ1v) is 12.5. The minimum absolute atomic E-state index is 0.532. The molecule has 0 aliphatic heterocycles. The number of halogens is 1. The minimum atomic E-state index is 0.532. The molecule has 0 saturated carbocycles. The predicted molar refractivity (Wildman–Crippen MR) is 155 cm³/mol. The molecule has 0 bridgehead atoms. The fraction of sp³-hybridized carbons (Fsp3) is 0.0968. The maximum absolute atomic E-state index is 5.82. The second-order valence-electron chi connectivity index (χ2n) is 8.69. The molecule has 0 aliphatic carbocycles. The number of methoxy groups -OCH3 is 1. The molecule has 0 spiro atoms. The monoisotopic (exact) mass is 519 g/mol. The summed E-state index contributed by atoms with van der Waals surface area (Å²) in [4.78, 5) is 16.5. The van der Waals surface area contributed by atoms with Gasteiger partial charge >= 0.3 is 0 Å². The Balaban J connectivity index is 0.000000222. The van der Waals surface area contributed by atoms with Crippen molar-refractivity contribution in [3.63, 3.8) is 0 Å². The zero-order valence-corrected chi connectivity index (χ0v) is 21.9. The minimum Gasteiger partial charge on any atom is -0.496 e. The van der Waals surface area contributed by atoms with Gasteiger partial charge in [0.1, 0.15) is 16.7 Å². The lowest BCUT2D eigenvalue weighted by molar-refractivity contribution is 0.412. The van der Waals surface area contributed by atoms with Crippen molar-refractivity contribution in [2.45, 2.75) is 13.5 Å². The van der Waals surface area contributed by atoms with E-state index >= 15 is 0 Å². The number of fused-ring (bicyclic) bond motifs is 2. The molecule has 0 unspecified atom stereocenters. The number of benzene rings is 2. The van der Waals surface area contributed by atoms with Gasteiger partial charge in [-0.05, 0) is 65.6 Å². The second-order valence-corrected chi connectivity index (χ2v) is 9.05. The molecule has 38 heavy (non-hydrogen) atoms. The molecule has 0 saturated heterocycles. The molecule has 0 fully saturated rings. The Labute approximate surface area is 226 Å². The third-order valence-corrected chi connectivity index (χ3v) is 6.52. The molecule has 1 N–H and O–H groups in total. The zero-order chi connectivity index (χ0) is 26.3. The molecule has 6 aromatic rings. The molecule has 0 amide bonds. The number of aromatic nitrogens is 4. The summed E-state index contributed by atoms with van der Waals surface area (Å²) in [6.45, 7) is 2.78. The second kappa shape index (κ2) is 11.7. The molecular weight excluding hydrogens is 494 g/mol. The maximum atomic E-state index is 5.82. The van der Waals surface area contributed by atoms with E-state index in [0.717, 1.165) is 45.2 Å². The lowest BCUT2D eigenvalue weighted by Gasteiger charge is -2.10. The number of nitrogens with zero attached hydrogens (tertiary/aromatic N) is 4. The van der Waals surface area contributed by atoms with Crippen LogP contribution in [0.3, 0.4) is 0 Å². The van der Waals surface area contributed by atoms with Gasteiger partial charge in [-0.1, -0.05) is 41.9 Å². The number of anilines is 1. The van der Waals surface area contributed by atoms with E-state index in [0.29, 0.717) is 5.15 Å². The van der Waals surface area contributed by atoms with E-state index in [-0.39, 0.29) is 0 Å². The van der Waals surface area contributed by atoms with Crippen LogP contribution in [0.15, 0.2) is 104 Å². The predicted octanol–water partition coefficient (Wildman–Crippen LogP) is 7.51. The molecule has 4 heterocycles. The molecule has 0 aliphatic rings. The van der Waals surface area contributed by atoms with Crippen molar-refractivity contribution in [2.75, 3.05) is 12.4 Å². The van der Waals surface area contributed by atoms with E-state index in [4.69, 9.17) is 16.3 Å². The Morgan fingerprint density at radius 3 is 2.08 bits per heavy atom. The highest BCUT2D eigenvalue weighted by Gasteiger charge is 2.05. The molecule has 6 rings (SSSR count). The van der Waals surface area contributed by atoms with Gasteiger partial charge in [-0.25, -0.2) is 9.97 Å². The van der Waals surface area contributed by atoms with Gasteiger partial charge in [0, 0.05) is 65.3 Å². The van der Waals surface area contributed by atoms with Crippen molar-refractivity contribution < 1.29 is 4.74 Å². The largest absolute Gasteiger partial charge is 0.496 e. The van der Waals surface area contributed by atoms with Crippen molar-refractivity contribution in [3.05, 3.63) is 120 Å². The standard InChI is InChI=1S/C23H21N3O.C8H5ClN2/c1-16-13-19(7-8-22(16)27-2)18-5-3-17(4-6-18)14-26-23-21-10-11-24-15-20(21)9-12-25-23;9-8-7-2-3-10-5-6(7)1-4-11-8/h3-13,15H,14H2,1-2H3,(H,25,26);1-5H. The number of rotatable bonds is 5. The van der Waals surface area contributed by atoms with Crippen LogP contribution in [-0.4, -0.2) is 27.0 Å². The Morgan fingerprint density at radius 2 is 1.39 bits per heavy atom. The maximum Gasteiger partial charge on any atom is 0.136 e. The van der Waals surface area contributed by atoms with Crippen LogP contribution in [0.2, 0.25) is 5.15 Å². The molecule has 188 valence electrons. The van der Waals surface area contributed by atoms with Crippen molar-refractivity contribution in [1.82, 2.24) is 19.9 Å². The van der Waals surface area contributed by atoms with Crippen LogP contribution in [-0.2, 0) is 6.54 Å². The first-order chi connectivity index (χ1) is 18.6. The van der Waals surface area contributed by atoms with E-state index in [1.165, 1.54) is 16.7 Å². The van der Waals surface area contributed by atoms with Crippen LogP contribution in [0.1, 0.15) is 11.1 Å². The first-order valence-electron chi connectivity index (χ1n) is 12.1. The van der Waals surface area contributed by atoms with E-state index < -0.39 is 0 Å². The van der Waals surface area contributed by atoms with Crippen molar-refractivity contribution in [2.24, 2.45) is 0 Å². The van der Waals surface area contributed by atoms with Gasteiger partial charge in [-0.2, -0.15) is 0 Å². The number of pyridine rings is 4. The first kappa shape index (κ1) is 25.1. The number of ether oxygens (including phenoxy) is 1. The number of aryl methyl sites for hydroxylation is 1. The van der Waals surface area contributed by atoms with Gasteiger partial charge in [0.15, 0.2) is 0 Å². The van der Waals surface area contributed by atoms with Gasteiger partial charge in [-0.3, -0.25) is 9.97 Å². The third-order valence-electron chi connectivity index (χ3n) is 6.22. The van der Waals surface area contributed by atoms with Crippen molar-refractivity contribution in [3.8, 4) is 16.9 Å². The summed E-state index contributed by atoms with van der Waals surface area (Å²) in [5.41, 5.74) is 4.73. The van der Waals surface area contributed by atoms with Gasteiger partial charge in [0.2, 0.25) is 0 Å². The van der Waals surface area contributed by atoms with Crippen molar-refractivity contribution >= 4 is 39.0 Å². The highest BCUT2D eigenvalue weighted by molar-refractivity contribution is 6.34. The molecule has 7 heteroatoms. The summed E-state index contributed by atoms with van der Waals surface area (Å²) in [6, 6.07) is 22.5. The summed E-state index contributed by atoms with van der Waals surface area (Å²) in [7, 11) is 1.70. The lowest BCUT2D eigenvalue weighted by Crippen LogP contribution is -2.01. The van der Waals surface area contributed by atoms with Gasteiger partial charge in [0.05, 0.1) is 7.11 Å². The molecule has 4 aromatic heterocycles. The normalized spacial score (nSPS) is 10.6. The zero-order valence-electron chi connectivity index (χ0n) is 21.1. The van der Waals surface area contributed by atoms with Crippen LogP contribution in [0, 0.1) is 6.92 Å². The molecule has 2 aromatic carbocycles. The summed E-state index contributed by atoms with van der Waals surface area (Å²) in [5.74, 6) is 1.79. The third kappa shape index (κ3) is 5.71. The molecule has 6 nitrogen and oxygen atoms in total. The van der Waals surface area contributed by atoms with E-state index in [2.05, 4.69) is 68.6 Å². The Kier molecular flexibility index (Phi) is 7.71. The topological polar surface area (TPSA) is 72.8 Å². The fourth-order valence-corrected chi connectivity index (χ4v) is 4.42. The van der Waals surface area contributed by atoms with Crippen LogP contribution in [0.5, 0.6) is 5.75 Å². The highest BCUT2D eigenvalue weighted by atomic mass is 35.5. The van der Waals surface area contributed by atoms with E-state index in [1.54, 1.807) is 38.1 Å². The number of nitrogens with one attached hydrogen (secondary N) is 1.